The number of aromatic amines is 1. The van der Waals surface area contributed by atoms with E-state index in [-0.39, 0.29) is 5.91 Å². The number of H-pyrrole nitrogens is 1. The lowest BCUT2D eigenvalue weighted by Crippen LogP contribution is -2.50. The van der Waals surface area contributed by atoms with Crippen LogP contribution < -0.4 is 15.4 Å². The molecule has 11 heteroatoms. The van der Waals surface area contributed by atoms with Gasteiger partial charge in [-0.25, -0.2) is 0 Å². The predicted molar refractivity (Wildman–Crippen MR) is 159 cm³/mol. The second kappa shape index (κ2) is 11.8. The molecule has 11 nitrogen and oxygen atoms in total. The molecule has 1 amide bonds. The molecule has 220 valence electrons. The van der Waals surface area contributed by atoms with Crippen LogP contribution in [-0.2, 0) is 11.2 Å². The molecule has 42 heavy (non-hydrogen) atoms. The minimum atomic E-state index is 0.0794. The Morgan fingerprint density at radius 3 is 2.62 bits per heavy atom. The lowest BCUT2D eigenvalue weighted by molar-refractivity contribution is 0.00158. The molecule has 2 saturated heterocycles. The smallest absolute Gasteiger partial charge is 0.254 e. The summed E-state index contributed by atoms with van der Waals surface area (Å²) in [4.78, 5) is 30.8. The Morgan fingerprint density at radius 1 is 1.02 bits per heavy atom. The number of hydrogen-bond acceptors (Lipinski definition) is 9. The molecule has 3 fully saturated rings. The van der Waals surface area contributed by atoms with Crippen molar-refractivity contribution in [1.82, 2.24) is 24.8 Å². The minimum absolute atomic E-state index is 0.0794. The zero-order valence-corrected chi connectivity index (χ0v) is 24.0. The first-order valence-corrected chi connectivity index (χ1v) is 15.4. The summed E-state index contributed by atoms with van der Waals surface area (Å²) in [5, 5.41) is 17.3. The summed E-state index contributed by atoms with van der Waals surface area (Å²) >= 11 is 0. The number of fused-ring (bicyclic) bond motifs is 2. The number of carbonyl (C=O) groups excluding carboxylic acids is 1. The second-order valence-electron chi connectivity index (χ2n) is 11.8. The van der Waals surface area contributed by atoms with E-state index in [1.54, 1.807) is 6.20 Å². The number of amides is 1. The highest BCUT2D eigenvalue weighted by Crippen LogP contribution is 2.39. The highest BCUT2D eigenvalue weighted by molar-refractivity contribution is 5.98. The zero-order chi connectivity index (χ0) is 28.5. The van der Waals surface area contributed by atoms with E-state index < -0.39 is 0 Å². The van der Waals surface area contributed by atoms with Crippen molar-refractivity contribution in [3.05, 3.63) is 35.0 Å². The number of benzene rings is 1. The molecule has 3 aliphatic heterocycles. The van der Waals surface area contributed by atoms with Crippen LogP contribution in [0.15, 0.2) is 18.3 Å². The molecule has 1 aliphatic carbocycles. The van der Waals surface area contributed by atoms with E-state index in [1.165, 1.54) is 19.3 Å². The van der Waals surface area contributed by atoms with Gasteiger partial charge in [-0.1, -0.05) is 19.3 Å². The summed E-state index contributed by atoms with van der Waals surface area (Å²) in [5.74, 6) is 1.85. The Bertz CT molecular complexity index is 1490. The first-order valence-electron chi connectivity index (χ1n) is 15.4. The summed E-state index contributed by atoms with van der Waals surface area (Å²) < 4.78 is 11.6. The maximum absolute atomic E-state index is 13.7. The van der Waals surface area contributed by atoms with Crippen molar-refractivity contribution in [3.63, 3.8) is 0 Å². The van der Waals surface area contributed by atoms with Gasteiger partial charge in [0.25, 0.3) is 5.91 Å². The first-order chi connectivity index (χ1) is 20.7. The summed E-state index contributed by atoms with van der Waals surface area (Å²) in [6, 6.07) is 6.92. The number of nitriles is 1. The average molecular weight is 571 g/mol. The van der Waals surface area contributed by atoms with Gasteiger partial charge < -0.3 is 30.0 Å². The van der Waals surface area contributed by atoms with Crippen LogP contribution in [-0.4, -0.2) is 88.7 Å². The Kier molecular flexibility index (Phi) is 7.57. The topological polar surface area (TPSA) is 131 Å². The van der Waals surface area contributed by atoms with Gasteiger partial charge >= 0.3 is 0 Å². The lowest BCUT2D eigenvalue weighted by Gasteiger charge is -2.40. The Balaban J connectivity index is 1.11. The van der Waals surface area contributed by atoms with E-state index in [9.17, 15) is 10.1 Å². The third-order valence-electron chi connectivity index (χ3n) is 9.25. The van der Waals surface area contributed by atoms with Crippen molar-refractivity contribution in [2.24, 2.45) is 0 Å². The average Bonchev–Trinajstić information content (AvgIpc) is 3.70. The van der Waals surface area contributed by atoms with Gasteiger partial charge in [0.2, 0.25) is 5.95 Å². The van der Waals surface area contributed by atoms with Crippen molar-refractivity contribution in [1.29, 1.82) is 5.26 Å². The number of carbonyl (C=O) groups is 1. The molecule has 4 aliphatic rings. The first kappa shape index (κ1) is 27.0. The number of hydrogen-bond donors (Lipinski definition) is 3. The van der Waals surface area contributed by atoms with Crippen LogP contribution in [0.2, 0.25) is 0 Å². The van der Waals surface area contributed by atoms with Crippen LogP contribution in [0.25, 0.3) is 11.0 Å². The fourth-order valence-corrected chi connectivity index (χ4v) is 6.98. The largest absolute Gasteiger partial charge is 0.491 e. The van der Waals surface area contributed by atoms with Gasteiger partial charge in [-0.2, -0.15) is 15.2 Å². The van der Waals surface area contributed by atoms with Gasteiger partial charge in [-0.3, -0.25) is 9.69 Å². The number of nitrogens with zero attached hydrogens (tertiary/aromatic N) is 5. The monoisotopic (exact) mass is 570 g/mol. The second-order valence-corrected chi connectivity index (χ2v) is 11.8. The van der Waals surface area contributed by atoms with E-state index in [4.69, 9.17) is 14.5 Å². The van der Waals surface area contributed by atoms with Crippen LogP contribution >= 0.6 is 0 Å². The van der Waals surface area contributed by atoms with Crippen molar-refractivity contribution < 1.29 is 14.3 Å². The normalized spacial score (nSPS) is 20.2. The van der Waals surface area contributed by atoms with Crippen LogP contribution in [0.3, 0.4) is 0 Å². The Labute approximate surface area is 245 Å². The van der Waals surface area contributed by atoms with E-state index in [0.717, 1.165) is 81.9 Å². The Hall–Kier alpha value is -3.88. The molecule has 0 atom stereocenters. The van der Waals surface area contributed by atoms with Gasteiger partial charge in [-0.15, -0.1) is 0 Å². The molecular formula is C31H38N8O3. The number of piperidine rings is 1. The van der Waals surface area contributed by atoms with Gasteiger partial charge in [-0.05, 0) is 37.8 Å². The number of ether oxygens (including phenoxy) is 2. The van der Waals surface area contributed by atoms with Crippen LogP contribution in [0.1, 0.15) is 66.4 Å². The SMILES string of the molecule is N#Cc1c[nH]c2nc(Nc3ccc(C(=O)N4CCC(N5CCOCC5)CC4)c4c3OCC4)nc(NC3CCCCC3)c12. The molecule has 3 N–H and O–H groups in total. The third kappa shape index (κ3) is 5.25. The van der Waals surface area contributed by atoms with Gasteiger partial charge in [0.05, 0.1) is 36.5 Å². The number of aromatic nitrogens is 3. The molecule has 0 spiro atoms. The van der Waals surface area contributed by atoms with Crippen LogP contribution in [0.4, 0.5) is 17.5 Å². The summed E-state index contributed by atoms with van der Waals surface area (Å²) in [7, 11) is 0. The number of anilines is 3. The molecule has 0 bridgehead atoms. The molecule has 1 aromatic carbocycles. The van der Waals surface area contributed by atoms with E-state index in [0.29, 0.717) is 59.2 Å². The minimum Gasteiger partial charge on any atom is -0.491 e. The molecule has 1 saturated carbocycles. The molecular weight excluding hydrogens is 532 g/mol. The molecule has 0 radical (unpaired) electrons. The van der Waals surface area contributed by atoms with E-state index in [1.807, 2.05) is 17.0 Å². The molecule has 0 unspecified atom stereocenters. The van der Waals surface area contributed by atoms with Gasteiger partial charge in [0, 0.05) is 62.0 Å². The number of nitrogens with one attached hydrogen (secondary N) is 3. The molecule has 3 aromatic rings. The zero-order valence-electron chi connectivity index (χ0n) is 24.0. The fourth-order valence-electron chi connectivity index (χ4n) is 6.98. The van der Waals surface area contributed by atoms with Gasteiger partial charge in [0.15, 0.2) is 0 Å². The van der Waals surface area contributed by atoms with E-state index in [2.05, 4.69) is 31.6 Å². The number of rotatable bonds is 6. The molecule has 2 aromatic heterocycles. The van der Waals surface area contributed by atoms with Gasteiger partial charge in [0.1, 0.15) is 23.3 Å². The third-order valence-corrected chi connectivity index (χ3v) is 9.25. The maximum Gasteiger partial charge on any atom is 0.254 e. The molecule has 5 heterocycles. The predicted octanol–water partition coefficient (Wildman–Crippen LogP) is 4.19. The standard InChI is InChI=1S/C31H38N8O3/c32-18-20-19-33-28-26(20)29(34-21-4-2-1-3-5-21)37-31(36-28)35-25-7-6-24(23-10-15-42-27(23)25)30(40)39-11-8-22(9-12-39)38-13-16-41-17-14-38/h6-7,19,21-22H,1-5,8-17H2,(H3,33,34,35,36,37). The number of morpholine rings is 1. The highest BCUT2D eigenvalue weighted by atomic mass is 16.5. The summed E-state index contributed by atoms with van der Waals surface area (Å²) in [5.41, 5.74) is 3.52. The fraction of sp³-hybridized carbons (Fsp3) is 0.548. The Morgan fingerprint density at radius 2 is 1.83 bits per heavy atom. The maximum atomic E-state index is 13.7. The van der Waals surface area contributed by atoms with Crippen molar-refractivity contribution in [3.8, 4) is 11.8 Å². The van der Waals surface area contributed by atoms with Crippen molar-refractivity contribution >= 4 is 34.4 Å². The van der Waals surface area contributed by atoms with Crippen LogP contribution in [0, 0.1) is 11.3 Å². The highest BCUT2D eigenvalue weighted by Gasteiger charge is 2.31. The van der Waals surface area contributed by atoms with Crippen molar-refractivity contribution in [2.45, 2.75) is 63.5 Å². The summed E-state index contributed by atoms with van der Waals surface area (Å²) in [6.07, 6.45) is 10.2. The van der Waals surface area contributed by atoms with E-state index >= 15 is 0 Å². The molecule has 7 rings (SSSR count). The van der Waals surface area contributed by atoms with Crippen LogP contribution in [0.5, 0.6) is 5.75 Å². The van der Waals surface area contributed by atoms with Crippen molar-refractivity contribution in [2.75, 3.05) is 56.6 Å². The lowest BCUT2D eigenvalue weighted by atomic mass is 9.95. The number of likely N-dealkylation sites (tertiary alicyclic amines) is 1. The summed E-state index contributed by atoms with van der Waals surface area (Å²) in [6.45, 7) is 5.63. The quantitative estimate of drug-likeness (QED) is 0.399.